The lowest BCUT2D eigenvalue weighted by Gasteiger charge is -2.12. The number of amides is 1. The van der Waals surface area contributed by atoms with Crippen LogP contribution in [0.5, 0.6) is 0 Å². The van der Waals surface area contributed by atoms with Gasteiger partial charge in [0.1, 0.15) is 0 Å². The number of methoxy groups -OCH3 is 2. The van der Waals surface area contributed by atoms with Gasteiger partial charge in [-0.25, -0.2) is 4.79 Å². The molecule has 0 aliphatic rings. The van der Waals surface area contributed by atoms with Crippen LogP contribution in [0.2, 0.25) is 0 Å². The molecular weight excluding hydrogens is 222 g/mol. The molecule has 0 saturated heterocycles. The van der Waals surface area contributed by atoms with E-state index in [0.29, 0.717) is 6.54 Å². The standard InChI is InChI=1S/C12H15NO4/c1-16-10(12(15)17-2)11(14)13-8-9-6-4-3-5-7-9/h3-7,10H,8H2,1-2H3,(H,13,14). The van der Waals surface area contributed by atoms with Crippen LogP contribution >= 0.6 is 0 Å². The van der Waals surface area contributed by atoms with Crippen molar-refractivity contribution in [2.45, 2.75) is 12.6 Å². The van der Waals surface area contributed by atoms with Crippen LogP contribution in [0.4, 0.5) is 0 Å². The average Bonchev–Trinajstić information content (AvgIpc) is 2.38. The van der Waals surface area contributed by atoms with Crippen LogP contribution in [0.25, 0.3) is 0 Å². The van der Waals surface area contributed by atoms with Gasteiger partial charge in [-0.15, -0.1) is 0 Å². The highest BCUT2D eigenvalue weighted by Crippen LogP contribution is 1.99. The Morgan fingerprint density at radius 2 is 1.88 bits per heavy atom. The van der Waals surface area contributed by atoms with Gasteiger partial charge in [-0.05, 0) is 5.56 Å². The molecule has 1 aromatic carbocycles. The topological polar surface area (TPSA) is 64.6 Å². The Labute approximate surface area is 99.7 Å². The molecule has 1 aromatic rings. The molecule has 0 aliphatic carbocycles. The van der Waals surface area contributed by atoms with Gasteiger partial charge in [-0.2, -0.15) is 0 Å². The molecule has 1 unspecified atom stereocenters. The zero-order chi connectivity index (χ0) is 12.7. The Balaban J connectivity index is 2.51. The van der Waals surface area contributed by atoms with E-state index in [1.807, 2.05) is 30.3 Å². The highest BCUT2D eigenvalue weighted by atomic mass is 16.6. The van der Waals surface area contributed by atoms with Crippen LogP contribution in [0.1, 0.15) is 5.56 Å². The normalized spacial score (nSPS) is 11.6. The Morgan fingerprint density at radius 3 is 2.41 bits per heavy atom. The maximum Gasteiger partial charge on any atom is 0.344 e. The van der Waals surface area contributed by atoms with E-state index in [9.17, 15) is 9.59 Å². The monoisotopic (exact) mass is 237 g/mol. The molecule has 0 saturated carbocycles. The second-order valence-corrected chi connectivity index (χ2v) is 3.34. The lowest BCUT2D eigenvalue weighted by Crippen LogP contribution is -2.41. The molecule has 0 aliphatic heterocycles. The van der Waals surface area contributed by atoms with Crippen molar-refractivity contribution in [3.63, 3.8) is 0 Å². The van der Waals surface area contributed by atoms with E-state index >= 15 is 0 Å². The molecule has 5 heteroatoms. The van der Waals surface area contributed by atoms with E-state index < -0.39 is 18.0 Å². The second kappa shape index (κ2) is 6.65. The van der Waals surface area contributed by atoms with E-state index in [4.69, 9.17) is 4.74 Å². The van der Waals surface area contributed by atoms with Gasteiger partial charge in [0.05, 0.1) is 7.11 Å². The summed E-state index contributed by atoms with van der Waals surface area (Å²) < 4.78 is 9.22. The predicted molar refractivity (Wildman–Crippen MR) is 61.1 cm³/mol. The molecule has 1 atom stereocenters. The van der Waals surface area contributed by atoms with E-state index in [-0.39, 0.29) is 0 Å². The first-order valence-electron chi connectivity index (χ1n) is 5.11. The molecule has 0 fully saturated rings. The first kappa shape index (κ1) is 13.2. The number of hydrogen-bond donors (Lipinski definition) is 1. The number of esters is 1. The predicted octanol–water partition coefficient (Wildman–Crippen LogP) is 0.491. The van der Waals surface area contributed by atoms with Crippen molar-refractivity contribution < 1.29 is 19.1 Å². The number of carbonyl (C=O) groups is 2. The summed E-state index contributed by atoms with van der Waals surface area (Å²) in [5.74, 6) is -1.22. The summed E-state index contributed by atoms with van der Waals surface area (Å²) in [4.78, 5) is 22.8. The summed E-state index contributed by atoms with van der Waals surface area (Å²) in [5.41, 5.74) is 0.945. The van der Waals surface area contributed by atoms with Crippen molar-refractivity contribution in [3.8, 4) is 0 Å². The number of nitrogens with one attached hydrogen (secondary N) is 1. The Hall–Kier alpha value is -1.88. The summed E-state index contributed by atoms with van der Waals surface area (Å²) in [6, 6.07) is 9.38. The van der Waals surface area contributed by atoms with E-state index in [2.05, 4.69) is 10.1 Å². The first-order chi connectivity index (χ1) is 8.19. The van der Waals surface area contributed by atoms with Gasteiger partial charge >= 0.3 is 5.97 Å². The summed E-state index contributed by atoms with van der Waals surface area (Å²) in [6.45, 7) is 0.344. The van der Waals surface area contributed by atoms with Crippen LogP contribution in [-0.2, 0) is 25.6 Å². The fourth-order valence-electron chi connectivity index (χ4n) is 1.30. The van der Waals surface area contributed by atoms with Gasteiger partial charge in [0, 0.05) is 13.7 Å². The van der Waals surface area contributed by atoms with Crippen molar-refractivity contribution in [2.24, 2.45) is 0 Å². The molecular formula is C12H15NO4. The highest BCUT2D eigenvalue weighted by molar-refractivity contribution is 6.00. The molecule has 92 valence electrons. The minimum absolute atomic E-state index is 0.344. The van der Waals surface area contributed by atoms with Gasteiger partial charge in [-0.1, -0.05) is 30.3 Å². The zero-order valence-corrected chi connectivity index (χ0v) is 9.80. The zero-order valence-electron chi connectivity index (χ0n) is 9.80. The third kappa shape index (κ3) is 3.88. The minimum atomic E-state index is -1.22. The number of hydrogen-bond acceptors (Lipinski definition) is 4. The van der Waals surface area contributed by atoms with E-state index in [1.165, 1.54) is 14.2 Å². The van der Waals surface area contributed by atoms with Crippen molar-refractivity contribution in [2.75, 3.05) is 14.2 Å². The highest BCUT2D eigenvalue weighted by Gasteiger charge is 2.26. The maximum absolute atomic E-state index is 11.6. The third-order valence-electron chi connectivity index (χ3n) is 2.20. The number of rotatable bonds is 5. The largest absolute Gasteiger partial charge is 0.467 e. The third-order valence-corrected chi connectivity index (χ3v) is 2.20. The lowest BCUT2D eigenvalue weighted by atomic mass is 10.2. The maximum atomic E-state index is 11.6. The fraction of sp³-hybridized carbons (Fsp3) is 0.333. The molecule has 1 amide bonds. The number of ether oxygens (including phenoxy) is 2. The van der Waals surface area contributed by atoms with Gasteiger partial charge < -0.3 is 14.8 Å². The summed E-state index contributed by atoms with van der Waals surface area (Å²) in [6.07, 6.45) is -1.22. The Kier molecular flexibility index (Phi) is 5.16. The Bertz CT molecular complexity index is 377. The molecule has 0 radical (unpaired) electrons. The van der Waals surface area contributed by atoms with Gasteiger partial charge in [0.15, 0.2) is 0 Å². The van der Waals surface area contributed by atoms with Crippen molar-refractivity contribution >= 4 is 11.9 Å². The molecule has 0 spiro atoms. The van der Waals surface area contributed by atoms with Crippen molar-refractivity contribution in [3.05, 3.63) is 35.9 Å². The van der Waals surface area contributed by atoms with Crippen LogP contribution < -0.4 is 5.32 Å². The molecule has 5 nitrogen and oxygen atoms in total. The quantitative estimate of drug-likeness (QED) is 0.598. The summed E-state index contributed by atoms with van der Waals surface area (Å²) >= 11 is 0. The molecule has 0 aromatic heterocycles. The summed E-state index contributed by atoms with van der Waals surface area (Å²) in [7, 11) is 2.49. The lowest BCUT2D eigenvalue weighted by molar-refractivity contribution is -0.158. The second-order valence-electron chi connectivity index (χ2n) is 3.34. The smallest absolute Gasteiger partial charge is 0.344 e. The number of carbonyl (C=O) groups excluding carboxylic acids is 2. The van der Waals surface area contributed by atoms with Crippen LogP contribution in [0.15, 0.2) is 30.3 Å². The van der Waals surface area contributed by atoms with E-state index in [1.54, 1.807) is 0 Å². The van der Waals surface area contributed by atoms with Gasteiger partial charge in [0.2, 0.25) is 6.10 Å². The average molecular weight is 237 g/mol. The first-order valence-corrected chi connectivity index (χ1v) is 5.11. The summed E-state index contributed by atoms with van der Waals surface area (Å²) in [5, 5.41) is 2.60. The van der Waals surface area contributed by atoms with Crippen LogP contribution in [0, 0.1) is 0 Å². The van der Waals surface area contributed by atoms with Gasteiger partial charge in [0.25, 0.3) is 5.91 Å². The molecule has 1 N–H and O–H groups in total. The van der Waals surface area contributed by atoms with E-state index in [0.717, 1.165) is 5.56 Å². The fourth-order valence-corrected chi connectivity index (χ4v) is 1.30. The van der Waals surface area contributed by atoms with Crippen LogP contribution in [0.3, 0.4) is 0 Å². The molecule has 0 bridgehead atoms. The molecule has 0 heterocycles. The SMILES string of the molecule is COC(=O)C(OC)C(=O)NCc1ccccc1. The van der Waals surface area contributed by atoms with Crippen molar-refractivity contribution in [1.82, 2.24) is 5.32 Å². The molecule has 17 heavy (non-hydrogen) atoms. The molecule has 1 rings (SSSR count). The Morgan fingerprint density at radius 1 is 1.24 bits per heavy atom. The minimum Gasteiger partial charge on any atom is -0.467 e. The van der Waals surface area contributed by atoms with Crippen molar-refractivity contribution in [1.29, 1.82) is 0 Å². The van der Waals surface area contributed by atoms with Gasteiger partial charge in [-0.3, -0.25) is 4.79 Å². The number of benzene rings is 1. The van der Waals surface area contributed by atoms with Crippen LogP contribution in [-0.4, -0.2) is 32.2 Å².